The highest BCUT2D eigenvalue weighted by Crippen LogP contribution is 2.30. The zero-order chi connectivity index (χ0) is 10.8. The molecule has 1 aliphatic heterocycles. The lowest BCUT2D eigenvalue weighted by atomic mass is 10.0. The molecule has 0 fully saturated rings. The van der Waals surface area contributed by atoms with E-state index in [1.807, 2.05) is 25.1 Å². The average molecular weight is 197 g/mol. The van der Waals surface area contributed by atoms with Crippen LogP contribution in [0, 0.1) is 18.3 Å². The van der Waals surface area contributed by atoms with E-state index in [1.165, 1.54) is 5.56 Å². The SMILES string of the molecule is C=C1OC(CC#N)=Cc2cc(C)ccc21. The second kappa shape index (κ2) is 3.62. The molecule has 1 heterocycles. The minimum absolute atomic E-state index is 0.284. The van der Waals surface area contributed by atoms with E-state index in [9.17, 15) is 0 Å². The van der Waals surface area contributed by atoms with Gasteiger partial charge in [-0.25, -0.2) is 0 Å². The Hall–Kier alpha value is -2.01. The molecule has 0 atom stereocenters. The van der Waals surface area contributed by atoms with Gasteiger partial charge in [-0.3, -0.25) is 0 Å². The first-order valence-corrected chi connectivity index (χ1v) is 4.76. The Morgan fingerprint density at radius 2 is 2.27 bits per heavy atom. The number of nitrogens with zero attached hydrogens (tertiary/aromatic N) is 1. The molecule has 0 aliphatic carbocycles. The van der Waals surface area contributed by atoms with Crippen LogP contribution in [-0.2, 0) is 4.74 Å². The summed E-state index contributed by atoms with van der Waals surface area (Å²) in [4.78, 5) is 0. The molecule has 2 heteroatoms. The molecule has 0 unspecified atom stereocenters. The third kappa shape index (κ3) is 1.77. The molecule has 15 heavy (non-hydrogen) atoms. The van der Waals surface area contributed by atoms with Crippen LogP contribution in [0.15, 0.2) is 30.5 Å². The maximum atomic E-state index is 8.61. The summed E-state index contributed by atoms with van der Waals surface area (Å²) in [5.74, 6) is 1.29. The molecule has 0 saturated heterocycles. The zero-order valence-corrected chi connectivity index (χ0v) is 8.58. The molecule has 2 rings (SSSR count). The van der Waals surface area contributed by atoms with Gasteiger partial charge in [0.25, 0.3) is 0 Å². The Bertz CT molecular complexity index is 492. The van der Waals surface area contributed by atoms with E-state index >= 15 is 0 Å². The summed E-state index contributed by atoms with van der Waals surface area (Å²) in [7, 11) is 0. The van der Waals surface area contributed by atoms with E-state index in [2.05, 4.69) is 18.7 Å². The molecule has 0 spiro atoms. The number of fused-ring (bicyclic) bond motifs is 1. The number of hydrogen-bond acceptors (Lipinski definition) is 2. The van der Waals surface area contributed by atoms with Gasteiger partial charge in [0.05, 0.1) is 12.5 Å². The van der Waals surface area contributed by atoms with Crippen molar-refractivity contribution in [3.8, 4) is 6.07 Å². The van der Waals surface area contributed by atoms with Gasteiger partial charge < -0.3 is 4.74 Å². The number of hydrogen-bond donors (Lipinski definition) is 0. The number of ether oxygens (including phenoxy) is 1. The highest BCUT2D eigenvalue weighted by Gasteiger charge is 2.14. The molecule has 0 saturated carbocycles. The van der Waals surface area contributed by atoms with Crippen LogP contribution < -0.4 is 0 Å². The highest BCUT2D eigenvalue weighted by atomic mass is 16.5. The van der Waals surface area contributed by atoms with Crippen LogP contribution in [0.2, 0.25) is 0 Å². The first kappa shape index (κ1) is 9.54. The lowest BCUT2D eigenvalue weighted by Gasteiger charge is -2.18. The molecule has 1 aromatic carbocycles. The van der Waals surface area contributed by atoms with Gasteiger partial charge in [-0.15, -0.1) is 0 Å². The van der Waals surface area contributed by atoms with Crippen LogP contribution in [0.25, 0.3) is 11.8 Å². The van der Waals surface area contributed by atoms with Gasteiger partial charge in [-0.1, -0.05) is 30.3 Å². The number of aryl methyl sites for hydroxylation is 1. The fourth-order valence-electron chi connectivity index (χ4n) is 1.64. The summed E-state index contributed by atoms with van der Waals surface area (Å²) < 4.78 is 5.44. The van der Waals surface area contributed by atoms with Gasteiger partial charge in [0.1, 0.15) is 11.5 Å². The van der Waals surface area contributed by atoms with Crippen molar-refractivity contribution in [2.75, 3.05) is 0 Å². The standard InChI is InChI=1S/C13H11NO/c1-9-3-4-13-10(2)15-12(5-6-14)8-11(13)7-9/h3-4,7-8H,2,5H2,1H3. The van der Waals surface area contributed by atoms with Crippen LogP contribution in [0.1, 0.15) is 23.1 Å². The Morgan fingerprint density at radius 3 is 3.00 bits per heavy atom. The Labute approximate surface area is 89.1 Å². The second-order valence-electron chi connectivity index (χ2n) is 3.56. The second-order valence-corrected chi connectivity index (χ2v) is 3.56. The van der Waals surface area contributed by atoms with Crippen LogP contribution in [0.3, 0.4) is 0 Å². The van der Waals surface area contributed by atoms with E-state index in [4.69, 9.17) is 10.00 Å². The van der Waals surface area contributed by atoms with Crippen molar-refractivity contribution >= 4 is 11.8 Å². The predicted octanol–water partition coefficient (Wildman–Crippen LogP) is 3.25. The highest BCUT2D eigenvalue weighted by molar-refractivity contribution is 5.74. The van der Waals surface area contributed by atoms with E-state index in [0.29, 0.717) is 11.5 Å². The summed E-state index contributed by atoms with van der Waals surface area (Å²) in [5.41, 5.74) is 3.27. The lowest BCUT2D eigenvalue weighted by molar-refractivity contribution is 0.377. The normalized spacial score (nSPS) is 13.6. The topological polar surface area (TPSA) is 33.0 Å². The third-order valence-corrected chi connectivity index (χ3v) is 2.33. The fraction of sp³-hybridized carbons (Fsp3) is 0.154. The first-order chi connectivity index (χ1) is 7.20. The molecule has 0 N–H and O–H groups in total. The van der Waals surface area contributed by atoms with E-state index < -0.39 is 0 Å². The minimum atomic E-state index is 0.284. The van der Waals surface area contributed by atoms with Gasteiger partial charge in [-0.2, -0.15) is 5.26 Å². The molecular weight excluding hydrogens is 186 g/mol. The predicted molar refractivity (Wildman–Crippen MR) is 59.5 cm³/mol. The van der Waals surface area contributed by atoms with Crippen molar-refractivity contribution in [1.82, 2.24) is 0 Å². The van der Waals surface area contributed by atoms with Crippen molar-refractivity contribution in [2.45, 2.75) is 13.3 Å². The average Bonchev–Trinajstić information content (AvgIpc) is 2.17. The van der Waals surface area contributed by atoms with Crippen LogP contribution in [0.5, 0.6) is 0 Å². The van der Waals surface area contributed by atoms with Gasteiger partial charge in [0.15, 0.2) is 0 Å². The molecule has 1 aliphatic rings. The third-order valence-electron chi connectivity index (χ3n) is 2.33. The van der Waals surface area contributed by atoms with Crippen LogP contribution in [0.4, 0.5) is 0 Å². The van der Waals surface area contributed by atoms with E-state index in [0.717, 1.165) is 11.1 Å². The molecule has 1 aromatic rings. The van der Waals surface area contributed by atoms with Gasteiger partial charge in [-0.05, 0) is 18.6 Å². The summed E-state index contributed by atoms with van der Waals surface area (Å²) in [5, 5.41) is 8.61. The van der Waals surface area contributed by atoms with Crippen molar-refractivity contribution in [2.24, 2.45) is 0 Å². The molecule has 0 bridgehead atoms. The Kier molecular flexibility index (Phi) is 2.31. The van der Waals surface area contributed by atoms with Gasteiger partial charge >= 0.3 is 0 Å². The van der Waals surface area contributed by atoms with E-state index in [1.54, 1.807) is 0 Å². The number of nitriles is 1. The maximum Gasteiger partial charge on any atom is 0.127 e. The summed E-state index contributed by atoms with van der Waals surface area (Å²) in [6.07, 6.45) is 2.19. The van der Waals surface area contributed by atoms with Crippen molar-refractivity contribution in [1.29, 1.82) is 5.26 Å². The largest absolute Gasteiger partial charge is 0.461 e. The monoisotopic (exact) mass is 197 g/mol. The number of rotatable bonds is 1. The smallest absolute Gasteiger partial charge is 0.127 e. The zero-order valence-electron chi connectivity index (χ0n) is 8.58. The minimum Gasteiger partial charge on any atom is -0.461 e. The number of allylic oxidation sites excluding steroid dienone is 1. The lowest BCUT2D eigenvalue weighted by Crippen LogP contribution is -2.00. The fourth-order valence-corrected chi connectivity index (χ4v) is 1.64. The Balaban J connectivity index is 2.49. The molecule has 0 radical (unpaired) electrons. The molecule has 0 aromatic heterocycles. The van der Waals surface area contributed by atoms with Crippen molar-refractivity contribution in [3.05, 3.63) is 47.2 Å². The number of benzene rings is 1. The summed E-state index contributed by atoms with van der Waals surface area (Å²) in [6, 6.07) is 8.16. The van der Waals surface area contributed by atoms with Crippen LogP contribution >= 0.6 is 0 Å². The molecule has 0 amide bonds. The quantitative estimate of drug-likeness (QED) is 0.692. The van der Waals surface area contributed by atoms with Gasteiger partial charge in [0.2, 0.25) is 0 Å². The van der Waals surface area contributed by atoms with Crippen LogP contribution in [-0.4, -0.2) is 0 Å². The molecule has 74 valence electrons. The summed E-state index contributed by atoms with van der Waals surface area (Å²) >= 11 is 0. The van der Waals surface area contributed by atoms with Crippen molar-refractivity contribution < 1.29 is 4.74 Å². The van der Waals surface area contributed by atoms with Crippen molar-refractivity contribution in [3.63, 3.8) is 0 Å². The maximum absolute atomic E-state index is 8.61. The Morgan fingerprint density at radius 1 is 1.47 bits per heavy atom. The molecular formula is C13H11NO. The molecule has 2 nitrogen and oxygen atoms in total. The summed E-state index contributed by atoms with van der Waals surface area (Å²) in [6.45, 7) is 5.88. The van der Waals surface area contributed by atoms with E-state index in [-0.39, 0.29) is 6.42 Å². The van der Waals surface area contributed by atoms with Gasteiger partial charge in [0, 0.05) is 5.56 Å². The first-order valence-electron chi connectivity index (χ1n) is 4.76.